The van der Waals surface area contributed by atoms with Gasteiger partial charge in [0.2, 0.25) is 15.7 Å². The summed E-state index contributed by atoms with van der Waals surface area (Å²) >= 11 is 0. The van der Waals surface area contributed by atoms with Crippen LogP contribution in [-0.2, 0) is 14.6 Å². The summed E-state index contributed by atoms with van der Waals surface area (Å²) in [6.07, 6.45) is 2.06. The molecule has 142 valence electrons. The molecule has 0 saturated carbocycles. The average molecular weight is 377 g/mol. The fourth-order valence-electron chi connectivity index (χ4n) is 3.14. The summed E-state index contributed by atoms with van der Waals surface area (Å²) in [6, 6.07) is 8.38. The Morgan fingerprint density at radius 1 is 1.15 bits per heavy atom. The summed E-state index contributed by atoms with van der Waals surface area (Å²) in [5.41, 5.74) is 1.52. The van der Waals surface area contributed by atoms with Crippen molar-refractivity contribution < 1.29 is 13.2 Å². The normalized spacial score (nSPS) is 11.8. The number of hydrogen-bond acceptors (Lipinski definition) is 3. The number of carbonyl (C=O) groups excluding carboxylic acids is 1. The first kappa shape index (κ1) is 20.2. The average Bonchev–Trinajstić information content (AvgIpc) is 2.84. The van der Waals surface area contributed by atoms with Crippen LogP contribution in [-0.4, -0.2) is 18.9 Å². The Labute approximate surface area is 156 Å². The van der Waals surface area contributed by atoms with Gasteiger partial charge in [-0.1, -0.05) is 31.5 Å². The van der Waals surface area contributed by atoms with E-state index >= 15 is 0 Å². The highest BCUT2D eigenvalue weighted by Gasteiger charge is 2.31. The van der Waals surface area contributed by atoms with Crippen LogP contribution in [0.25, 0.3) is 0 Å². The second-order valence-corrected chi connectivity index (χ2v) is 8.71. The molecule has 0 aliphatic rings. The van der Waals surface area contributed by atoms with Crippen LogP contribution in [0, 0.1) is 13.8 Å². The smallest absolute Gasteiger partial charge is 0.225 e. The van der Waals surface area contributed by atoms with E-state index in [9.17, 15) is 13.2 Å². The third-order valence-corrected chi connectivity index (χ3v) is 6.48. The molecule has 0 spiro atoms. The SMILES string of the molecule is CCCCC(=O)Nc1c(S(=O)(=O)c2ccccc2)c(C)c(C)n1C(C)C. The van der Waals surface area contributed by atoms with Gasteiger partial charge in [-0.3, -0.25) is 4.79 Å². The highest BCUT2D eigenvalue weighted by molar-refractivity contribution is 7.91. The molecule has 0 saturated heterocycles. The third kappa shape index (κ3) is 3.85. The van der Waals surface area contributed by atoms with Crippen molar-refractivity contribution in [1.29, 1.82) is 0 Å². The predicted molar refractivity (Wildman–Crippen MR) is 104 cm³/mol. The molecule has 0 aliphatic carbocycles. The first-order chi connectivity index (χ1) is 12.2. The maximum atomic E-state index is 13.3. The van der Waals surface area contributed by atoms with Crippen molar-refractivity contribution >= 4 is 21.6 Å². The molecule has 0 unspecified atom stereocenters. The zero-order chi connectivity index (χ0) is 19.5. The molecule has 2 rings (SSSR count). The lowest BCUT2D eigenvalue weighted by Crippen LogP contribution is -2.18. The van der Waals surface area contributed by atoms with Crippen LogP contribution < -0.4 is 5.32 Å². The molecule has 6 heteroatoms. The van der Waals surface area contributed by atoms with Gasteiger partial charge in [0.1, 0.15) is 10.7 Å². The van der Waals surface area contributed by atoms with E-state index in [1.54, 1.807) is 37.3 Å². The summed E-state index contributed by atoms with van der Waals surface area (Å²) < 4.78 is 28.5. The number of benzene rings is 1. The molecule has 2 aromatic rings. The zero-order valence-electron chi connectivity index (χ0n) is 16.2. The van der Waals surface area contributed by atoms with Gasteiger partial charge >= 0.3 is 0 Å². The molecule has 0 radical (unpaired) electrons. The summed E-state index contributed by atoms with van der Waals surface area (Å²) in [4.78, 5) is 12.8. The van der Waals surface area contributed by atoms with Gasteiger partial charge in [0.15, 0.2) is 0 Å². The molecule has 0 atom stereocenters. The van der Waals surface area contributed by atoms with Gasteiger partial charge in [-0.15, -0.1) is 0 Å². The van der Waals surface area contributed by atoms with Crippen molar-refractivity contribution in [3.05, 3.63) is 41.6 Å². The number of aromatic nitrogens is 1. The Bertz CT molecular complexity index is 882. The maximum Gasteiger partial charge on any atom is 0.225 e. The summed E-state index contributed by atoms with van der Waals surface area (Å²) in [6.45, 7) is 9.66. The van der Waals surface area contributed by atoms with Gasteiger partial charge in [-0.05, 0) is 51.8 Å². The largest absolute Gasteiger partial charge is 0.328 e. The Morgan fingerprint density at radius 2 is 1.77 bits per heavy atom. The number of amides is 1. The lowest BCUT2D eigenvalue weighted by atomic mass is 10.2. The zero-order valence-corrected chi connectivity index (χ0v) is 17.0. The highest BCUT2D eigenvalue weighted by Crippen LogP contribution is 2.37. The van der Waals surface area contributed by atoms with E-state index < -0.39 is 9.84 Å². The molecule has 1 aromatic carbocycles. The molecular weight excluding hydrogens is 348 g/mol. The molecular formula is C20H28N2O3S. The number of sulfone groups is 1. The van der Waals surface area contributed by atoms with Gasteiger partial charge in [-0.2, -0.15) is 0 Å². The monoisotopic (exact) mass is 376 g/mol. The van der Waals surface area contributed by atoms with Gasteiger partial charge in [0.05, 0.1) is 4.90 Å². The molecule has 0 bridgehead atoms. The van der Waals surface area contributed by atoms with Crippen LogP contribution in [0.3, 0.4) is 0 Å². The predicted octanol–water partition coefficient (Wildman–Crippen LogP) is 4.65. The number of nitrogens with zero attached hydrogens (tertiary/aromatic N) is 1. The number of nitrogens with one attached hydrogen (secondary N) is 1. The minimum atomic E-state index is -3.74. The van der Waals surface area contributed by atoms with Crippen LogP contribution in [0.15, 0.2) is 40.1 Å². The Balaban J connectivity index is 2.65. The van der Waals surface area contributed by atoms with Crippen molar-refractivity contribution in [3.63, 3.8) is 0 Å². The van der Waals surface area contributed by atoms with Gasteiger partial charge in [0, 0.05) is 18.2 Å². The molecule has 1 amide bonds. The van der Waals surface area contributed by atoms with Crippen LogP contribution in [0.4, 0.5) is 5.82 Å². The van der Waals surface area contributed by atoms with Crippen LogP contribution in [0.5, 0.6) is 0 Å². The van der Waals surface area contributed by atoms with Gasteiger partial charge < -0.3 is 9.88 Å². The van der Waals surface area contributed by atoms with E-state index in [0.717, 1.165) is 18.5 Å². The van der Waals surface area contributed by atoms with E-state index in [1.165, 1.54) is 0 Å². The maximum absolute atomic E-state index is 13.3. The number of hydrogen-bond donors (Lipinski definition) is 1. The quantitative estimate of drug-likeness (QED) is 0.765. The van der Waals surface area contributed by atoms with E-state index in [1.807, 2.05) is 32.3 Å². The fraction of sp³-hybridized carbons (Fsp3) is 0.450. The lowest BCUT2D eigenvalue weighted by molar-refractivity contribution is -0.116. The second-order valence-electron chi connectivity index (χ2n) is 6.82. The fourth-order valence-corrected chi connectivity index (χ4v) is 4.85. The van der Waals surface area contributed by atoms with Gasteiger partial charge in [0.25, 0.3) is 0 Å². The van der Waals surface area contributed by atoms with Crippen LogP contribution >= 0.6 is 0 Å². The van der Waals surface area contributed by atoms with Crippen LogP contribution in [0.1, 0.15) is 57.3 Å². The summed E-state index contributed by atoms with van der Waals surface area (Å²) in [5.74, 6) is 0.218. The number of unbranched alkanes of at least 4 members (excludes halogenated alkanes) is 1. The van der Waals surface area contributed by atoms with Crippen molar-refractivity contribution in [2.75, 3.05) is 5.32 Å². The lowest BCUT2D eigenvalue weighted by Gasteiger charge is -2.17. The first-order valence-corrected chi connectivity index (χ1v) is 10.5. The number of carbonyl (C=O) groups is 1. The van der Waals surface area contributed by atoms with E-state index in [2.05, 4.69) is 5.32 Å². The molecule has 5 nitrogen and oxygen atoms in total. The Morgan fingerprint density at radius 3 is 2.31 bits per heavy atom. The molecule has 0 fully saturated rings. The third-order valence-electron chi connectivity index (χ3n) is 4.55. The van der Waals surface area contributed by atoms with Crippen LogP contribution in [0.2, 0.25) is 0 Å². The minimum Gasteiger partial charge on any atom is -0.328 e. The topological polar surface area (TPSA) is 68.2 Å². The van der Waals surface area contributed by atoms with E-state index in [0.29, 0.717) is 17.8 Å². The highest BCUT2D eigenvalue weighted by atomic mass is 32.2. The molecule has 1 N–H and O–H groups in total. The standard InChI is InChI=1S/C20H28N2O3S/c1-6-7-13-18(23)21-20-19(15(4)16(5)22(20)14(2)3)26(24,25)17-11-9-8-10-12-17/h8-12,14H,6-7,13H2,1-5H3,(H,21,23). The Hall–Kier alpha value is -2.08. The summed E-state index contributed by atoms with van der Waals surface area (Å²) in [5, 5.41) is 2.88. The second kappa shape index (κ2) is 8.08. The summed E-state index contributed by atoms with van der Waals surface area (Å²) in [7, 11) is -3.74. The van der Waals surface area contributed by atoms with Crippen molar-refractivity contribution in [1.82, 2.24) is 4.57 Å². The molecule has 26 heavy (non-hydrogen) atoms. The van der Waals surface area contributed by atoms with Crippen molar-refractivity contribution in [3.8, 4) is 0 Å². The number of anilines is 1. The first-order valence-electron chi connectivity index (χ1n) is 9.03. The van der Waals surface area contributed by atoms with Crippen molar-refractivity contribution in [2.24, 2.45) is 0 Å². The minimum absolute atomic E-state index is 0.0231. The molecule has 1 aromatic heterocycles. The molecule has 0 aliphatic heterocycles. The van der Waals surface area contributed by atoms with Gasteiger partial charge in [-0.25, -0.2) is 8.42 Å². The van der Waals surface area contributed by atoms with E-state index in [4.69, 9.17) is 0 Å². The van der Waals surface area contributed by atoms with Crippen molar-refractivity contribution in [2.45, 2.75) is 69.7 Å². The number of rotatable bonds is 7. The Kier molecular flexibility index (Phi) is 6.29. The molecule has 1 heterocycles. The van der Waals surface area contributed by atoms with E-state index in [-0.39, 0.29) is 21.7 Å².